The molecule has 0 rings (SSSR count). The number of carbonyl (C=O) groups excluding carboxylic acids is 1. The van der Waals surface area contributed by atoms with Gasteiger partial charge in [-0.1, -0.05) is 5.92 Å². The fourth-order valence-corrected chi connectivity index (χ4v) is 0.415. The van der Waals surface area contributed by atoms with Gasteiger partial charge in [0.15, 0.2) is 6.61 Å². The highest BCUT2D eigenvalue weighted by atomic mass is 127. The molecule has 0 radical (unpaired) electrons. The van der Waals surface area contributed by atoms with Crippen LogP contribution in [-0.4, -0.2) is 18.5 Å². The molecule has 50 valence electrons. The summed E-state index contributed by atoms with van der Waals surface area (Å²) in [5.74, 6) is 2.01. The van der Waals surface area contributed by atoms with Crippen molar-refractivity contribution in [2.24, 2.45) is 0 Å². The van der Waals surface area contributed by atoms with Crippen LogP contribution in [0.5, 0.6) is 0 Å². The summed E-state index contributed by atoms with van der Waals surface area (Å²) in [6, 6.07) is 0. The van der Waals surface area contributed by atoms with Gasteiger partial charge in [0.1, 0.15) is 5.88 Å². The molecule has 0 atom stereocenters. The first-order valence-corrected chi connectivity index (χ1v) is 3.72. The van der Waals surface area contributed by atoms with Crippen molar-refractivity contribution in [3.8, 4) is 9.85 Å². The Morgan fingerprint density at radius 3 is 2.89 bits per heavy atom. The number of alkyl halides is 1. The molecule has 0 saturated heterocycles. The number of carbonyl (C=O) groups is 1. The van der Waals surface area contributed by atoms with E-state index in [1.54, 1.807) is 0 Å². The lowest BCUT2D eigenvalue weighted by molar-refractivity contribution is -0.139. The van der Waals surface area contributed by atoms with Crippen LogP contribution in [-0.2, 0) is 9.53 Å². The van der Waals surface area contributed by atoms with E-state index in [9.17, 15) is 4.79 Å². The van der Waals surface area contributed by atoms with Gasteiger partial charge in [0.2, 0.25) is 0 Å². The van der Waals surface area contributed by atoms with Crippen molar-refractivity contribution in [2.75, 3.05) is 12.5 Å². The van der Waals surface area contributed by atoms with Gasteiger partial charge in [-0.25, -0.2) is 0 Å². The summed E-state index contributed by atoms with van der Waals surface area (Å²) >= 11 is 6.97. The molecular formula is C5H4ClIO2. The van der Waals surface area contributed by atoms with Gasteiger partial charge >= 0.3 is 5.97 Å². The molecule has 0 fully saturated rings. The molecule has 9 heavy (non-hydrogen) atoms. The van der Waals surface area contributed by atoms with Gasteiger partial charge in [-0.3, -0.25) is 4.79 Å². The second kappa shape index (κ2) is 6.17. The van der Waals surface area contributed by atoms with Crippen molar-refractivity contribution in [1.82, 2.24) is 0 Å². The van der Waals surface area contributed by atoms with Gasteiger partial charge in [-0.2, -0.15) is 0 Å². The molecular weight excluding hydrogens is 254 g/mol. The van der Waals surface area contributed by atoms with E-state index in [0.717, 1.165) is 0 Å². The molecule has 0 unspecified atom stereocenters. The largest absolute Gasteiger partial charge is 0.452 e. The fraction of sp³-hybridized carbons (Fsp3) is 0.400. The first-order valence-electron chi connectivity index (χ1n) is 2.11. The summed E-state index contributed by atoms with van der Waals surface area (Å²) in [7, 11) is 0. The van der Waals surface area contributed by atoms with Gasteiger partial charge in [0, 0.05) is 22.6 Å². The van der Waals surface area contributed by atoms with Crippen molar-refractivity contribution in [2.45, 2.75) is 0 Å². The predicted octanol–water partition coefficient (Wildman–Crippen LogP) is 1.16. The minimum Gasteiger partial charge on any atom is -0.452 e. The third-order valence-electron chi connectivity index (χ3n) is 0.481. The smallest absolute Gasteiger partial charge is 0.321 e. The Bertz CT molecular complexity index is 147. The highest BCUT2D eigenvalue weighted by Gasteiger charge is 1.94. The summed E-state index contributed by atoms with van der Waals surface area (Å²) in [6.45, 7) is 0.133. The maximum Gasteiger partial charge on any atom is 0.321 e. The molecule has 0 aliphatic carbocycles. The van der Waals surface area contributed by atoms with Crippen molar-refractivity contribution in [3.05, 3.63) is 0 Å². The summed E-state index contributed by atoms with van der Waals surface area (Å²) in [5.41, 5.74) is 0. The second-order valence-electron chi connectivity index (χ2n) is 1.07. The van der Waals surface area contributed by atoms with E-state index in [4.69, 9.17) is 11.6 Å². The summed E-state index contributed by atoms with van der Waals surface area (Å²) < 4.78 is 7.03. The Morgan fingerprint density at radius 1 is 1.78 bits per heavy atom. The summed E-state index contributed by atoms with van der Waals surface area (Å²) in [5, 5.41) is 0. The quantitative estimate of drug-likeness (QED) is 0.322. The molecule has 0 heterocycles. The highest BCUT2D eigenvalue weighted by Crippen LogP contribution is 1.81. The van der Waals surface area contributed by atoms with Crippen LogP contribution >= 0.6 is 34.2 Å². The fourth-order valence-electron chi connectivity index (χ4n) is 0.182. The van der Waals surface area contributed by atoms with E-state index in [2.05, 4.69) is 14.6 Å². The number of rotatable bonds is 2. The molecule has 0 spiro atoms. The van der Waals surface area contributed by atoms with Gasteiger partial charge in [-0.15, -0.1) is 11.6 Å². The average Bonchev–Trinajstić information content (AvgIpc) is 1.89. The highest BCUT2D eigenvalue weighted by molar-refractivity contribution is 14.1. The molecule has 0 amide bonds. The van der Waals surface area contributed by atoms with Crippen LogP contribution in [0.15, 0.2) is 0 Å². The molecule has 0 aromatic heterocycles. The summed E-state index contributed by atoms with van der Waals surface area (Å²) in [6.07, 6.45) is 0. The zero-order valence-electron chi connectivity index (χ0n) is 4.49. The van der Waals surface area contributed by atoms with Crippen LogP contribution < -0.4 is 0 Å². The monoisotopic (exact) mass is 258 g/mol. The molecule has 0 aliphatic heterocycles. The van der Waals surface area contributed by atoms with Crippen LogP contribution in [0.3, 0.4) is 0 Å². The SMILES string of the molecule is O=C(CCl)OCC#CI. The first-order chi connectivity index (χ1) is 4.31. The van der Waals surface area contributed by atoms with Crippen molar-refractivity contribution in [3.63, 3.8) is 0 Å². The average molecular weight is 258 g/mol. The van der Waals surface area contributed by atoms with Crippen molar-refractivity contribution in [1.29, 1.82) is 0 Å². The normalized spacial score (nSPS) is 7.33. The van der Waals surface area contributed by atoms with Crippen molar-refractivity contribution >= 4 is 40.2 Å². The van der Waals surface area contributed by atoms with Gasteiger partial charge in [0.05, 0.1) is 0 Å². The van der Waals surface area contributed by atoms with E-state index in [-0.39, 0.29) is 12.5 Å². The van der Waals surface area contributed by atoms with E-state index in [0.29, 0.717) is 0 Å². The Labute approximate surface area is 72.0 Å². The third kappa shape index (κ3) is 5.93. The number of ether oxygens (including phenoxy) is 1. The number of hydrogen-bond donors (Lipinski definition) is 0. The van der Waals surface area contributed by atoms with Gasteiger partial charge in [-0.05, 0) is 3.93 Å². The Kier molecular flexibility index (Phi) is 6.21. The lowest BCUT2D eigenvalue weighted by Gasteiger charge is -1.92. The van der Waals surface area contributed by atoms with Crippen LogP contribution in [0.2, 0.25) is 0 Å². The molecule has 0 bridgehead atoms. The van der Waals surface area contributed by atoms with Gasteiger partial charge in [0.25, 0.3) is 0 Å². The van der Waals surface area contributed by atoms with Crippen LogP contribution in [0, 0.1) is 9.85 Å². The van der Waals surface area contributed by atoms with Crippen molar-refractivity contribution < 1.29 is 9.53 Å². The topological polar surface area (TPSA) is 26.3 Å². The Hall–Kier alpha value is 0.0500. The summed E-state index contributed by atoms with van der Waals surface area (Å²) in [4.78, 5) is 10.3. The molecule has 0 aliphatic rings. The van der Waals surface area contributed by atoms with Crippen LogP contribution in [0.4, 0.5) is 0 Å². The Balaban J connectivity index is 3.24. The molecule has 2 nitrogen and oxygen atoms in total. The standard InChI is InChI=1S/C5H4ClIO2/c6-4-5(8)9-3-1-2-7/h3-4H2. The molecule has 0 N–H and O–H groups in total. The minimum absolute atomic E-state index is 0.108. The van der Waals surface area contributed by atoms with E-state index >= 15 is 0 Å². The lowest BCUT2D eigenvalue weighted by atomic mass is 10.7. The third-order valence-corrected chi connectivity index (χ3v) is 1.08. The van der Waals surface area contributed by atoms with Gasteiger partial charge < -0.3 is 4.74 Å². The van der Waals surface area contributed by atoms with E-state index in [1.165, 1.54) is 0 Å². The molecule has 0 saturated carbocycles. The molecule has 0 aromatic carbocycles. The predicted molar refractivity (Wildman–Crippen MR) is 43.5 cm³/mol. The maximum absolute atomic E-state index is 10.3. The van der Waals surface area contributed by atoms with Crippen LogP contribution in [0.1, 0.15) is 0 Å². The maximum atomic E-state index is 10.3. The number of hydrogen-bond acceptors (Lipinski definition) is 2. The zero-order chi connectivity index (χ0) is 7.11. The minimum atomic E-state index is -0.434. The number of esters is 1. The second-order valence-corrected chi connectivity index (χ2v) is 1.87. The Morgan fingerprint density at radius 2 is 2.44 bits per heavy atom. The lowest BCUT2D eigenvalue weighted by Crippen LogP contribution is -2.04. The molecule has 4 heteroatoms. The van der Waals surface area contributed by atoms with Crippen LogP contribution in [0.25, 0.3) is 0 Å². The van der Waals surface area contributed by atoms with E-state index in [1.807, 2.05) is 22.6 Å². The zero-order valence-corrected chi connectivity index (χ0v) is 7.40. The number of halogens is 2. The molecule has 0 aromatic rings. The first kappa shape index (κ1) is 9.05. The van der Waals surface area contributed by atoms with E-state index < -0.39 is 5.97 Å².